The molecule has 2 heterocycles. The number of fused-ring (bicyclic) bond motifs is 1. The van der Waals surface area contributed by atoms with Crippen LogP contribution in [-0.2, 0) is 0 Å². The van der Waals surface area contributed by atoms with Crippen molar-refractivity contribution in [3.05, 3.63) is 39.7 Å². The fraction of sp³-hybridized carbons (Fsp3) is 0.412. The molecule has 1 aliphatic heterocycles. The number of anilines is 1. The quantitative estimate of drug-likeness (QED) is 0.883. The lowest BCUT2D eigenvalue weighted by molar-refractivity contribution is 0.0695. The maximum absolute atomic E-state index is 15.2. The highest BCUT2D eigenvalue weighted by Gasteiger charge is 2.32. The molecule has 1 saturated carbocycles. The summed E-state index contributed by atoms with van der Waals surface area (Å²) in [5.41, 5.74) is 4.21. The number of aromatic carboxylic acids is 1. The molecule has 4 rings (SSSR count). The van der Waals surface area contributed by atoms with E-state index in [1.807, 2.05) is 0 Å². The van der Waals surface area contributed by atoms with Crippen LogP contribution in [0.3, 0.4) is 0 Å². The Balaban J connectivity index is 2.04. The Morgan fingerprint density at radius 3 is 2.56 bits per heavy atom. The maximum atomic E-state index is 15.2. The molecule has 3 N–H and O–H groups in total. The first-order valence-corrected chi connectivity index (χ1v) is 8.19. The number of hydrogen-bond donors (Lipinski definition) is 2. The standard InChI is InChI=1S/C17H17F2N3O3/c18-11-5-12(21-4-3-8(20)6-21)14(19)15-13(11)16(23)10(17(24)25)7-22(15)9-1-2-9/h5,7-9H,1-4,6,20H2,(H,24,25). The van der Waals surface area contributed by atoms with Gasteiger partial charge >= 0.3 is 5.97 Å². The topological polar surface area (TPSA) is 88.6 Å². The molecular weight excluding hydrogens is 332 g/mol. The zero-order valence-corrected chi connectivity index (χ0v) is 13.3. The second-order valence-electron chi connectivity index (χ2n) is 6.73. The Hall–Kier alpha value is -2.48. The molecule has 1 aliphatic carbocycles. The molecule has 0 spiro atoms. The minimum atomic E-state index is -1.45. The third-order valence-corrected chi connectivity index (χ3v) is 4.91. The Bertz CT molecular complexity index is 953. The highest BCUT2D eigenvalue weighted by atomic mass is 19.1. The van der Waals surface area contributed by atoms with E-state index in [0.29, 0.717) is 19.5 Å². The second-order valence-corrected chi connectivity index (χ2v) is 6.73. The monoisotopic (exact) mass is 349 g/mol. The van der Waals surface area contributed by atoms with Gasteiger partial charge in [0.2, 0.25) is 5.43 Å². The zero-order chi connectivity index (χ0) is 17.9. The van der Waals surface area contributed by atoms with Gasteiger partial charge in [0.15, 0.2) is 5.82 Å². The van der Waals surface area contributed by atoms with Crippen LogP contribution >= 0.6 is 0 Å². The number of carboxylic acids is 1. The van der Waals surface area contributed by atoms with Crippen LogP contribution in [0.1, 0.15) is 35.7 Å². The number of rotatable bonds is 3. The van der Waals surface area contributed by atoms with Crippen molar-refractivity contribution in [1.82, 2.24) is 4.57 Å². The first-order chi connectivity index (χ1) is 11.9. The zero-order valence-electron chi connectivity index (χ0n) is 13.3. The van der Waals surface area contributed by atoms with E-state index in [1.165, 1.54) is 4.57 Å². The molecule has 2 fully saturated rings. The number of hydrogen-bond acceptors (Lipinski definition) is 4. The number of aromatic nitrogens is 1. The van der Waals surface area contributed by atoms with E-state index in [-0.39, 0.29) is 23.3 Å². The summed E-state index contributed by atoms with van der Waals surface area (Å²) in [5.74, 6) is -3.06. The molecule has 2 aromatic rings. The molecule has 132 valence electrons. The van der Waals surface area contributed by atoms with Gasteiger partial charge in [-0.15, -0.1) is 0 Å². The summed E-state index contributed by atoms with van der Waals surface area (Å²) < 4.78 is 31.3. The van der Waals surface area contributed by atoms with Gasteiger partial charge in [-0.05, 0) is 19.3 Å². The lowest BCUT2D eigenvalue weighted by Crippen LogP contribution is -2.28. The van der Waals surface area contributed by atoms with Gasteiger partial charge < -0.3 is 20.3 Å². The molecule has 2 aliphatic rings. The molecule has 6 nitrogen and oxygen atoms in total. The molecule has 1 aromatic carbocycles. The van der Waals surface area contributed by atoms with E-state index in [1.54, 1.807) is 4.90 Å². The van der Waals surface area contributed by atoms with E-state index >= 15 is 4.39 Å². The fourth-order valence-corrected chi connectivity index (χ4v) is 3.48. The van der Waals surface area contributed by atoms with E-state index in [2.05, 4.69) is 0 Å². The maximum Gasteiger partial charge on any atom is 0.341 e. The predicted octanol–water partition coefficient (Wildman–Crippen LogP) is 1.85. The average Bonchev–Trinajstić information content (AvgIpc) is 3.31. The van der Waals surface area contributed by atoms with Crippen LogP contribution < -0.4 is 16.1 Å². The summed E-state index contributed by atoms with van der Waals surface area (Å²) in [5, 5.41) is 8.71. The molecule has 1 saturated heterocycles. The van der Waals surface area contributed by atoms with Gasteiger partial charge in [-0.1, -0.05) is 0 Å². The van der Waals surface area contributed by atoms with E-state index in [0.717, 1.165) is 25.1 Å². The Morgan fingerprint density at radius 1 is 1.28 bits per heavy atom. The van der Waals surface area contributed by atoms with Crippen molar-refractivity contribution >= 4 is 22.6 Å². The number of benzene rings is 1. The Morgan fingerprint density at radius 2 is 2.00 bits per heavy atom. The molecule has 0 bridgehead atoms. The fourth-order valence-electron chi connectivity index (χ4n) is 3.48. The summed E-state index contributed by atoms with van der Waals surface area (Å²) in [6.07, 6.45) is 3.27. The van der Waals surface area contributed by atoms with Crippen LogP contribution in [0.15, 0.2) is 17.1 Å². The SMILES string of the molecule is NC1CCN(c2cc(F)c3c(=O)c(C(=O)O)cn(C4CC4)c3c2F)C1. The molecule has 1 unspecified atom stereocenters. The first-order valence-electron chi connectivity index (χ1n) is 8.19. The minimum Gasteiger partial charge on any atom is -0.477 e. The van der Waals surface area contributed by atoms with E-state index < -0.39 is 34.0 Å². The molecule has 25 heavy (non-hydrogen) atoms. The minimum absolute atomic E-state index is 0.0647. The number of carboxylic acid groups (broad SMARTS) is 1. The van der Waals surface area contributed by atoms with Crippen molar-refractivity contribution in [1.29, 1.82) is 0 Å². The lowest BCUT2D eigenvalue weighted by Gasteiger charge is -2.21. The van der Waals surface area contributed by atoms with Gasteiger partial charge in [-0.2, -0.15) is 0 Å². The number of pyridine rings is 1. The smallest absolute Gasteiger partial charge is 0.341 e. The van der Waals surface area contributed by atoms with Gasteiger partial charge in [0.05, 0.1) is 16.6 Å². The molecule has 1 atom stereocenters. The van der Waals surface area contributed by atoms with Crippen molar-refractivity contribution in [3.63, 3.8) is 0 Å². The third-order valence-electron chi connectivity index (χ3n) is 4.91. The Kier molecular flexibility index (Phi) is 3.54. The lowest BCUT2D eigenvalue weighted by atomic mass is 10.1. The highest BCUT2D eigenvalue weighted by molar-refractivity contribution is 5.94. The molecule has 0 amide bonds. The van der Waals surface area contributed by atoms with Crippen LogP contribution in [0.25, 0.3) is 10.9 Å². The highest BCUT2D eigenvalue weighted by Crippen LogP contribution is 2.39. The van der Waals surface area contributed by atoms with Crippen LogP contribution in [0, 0.1) is 11.6 Å². The van der Waals surface area contributed by atoms with Crippen molar-refractivity contribution in [2.45, 2.75) is 31.3 Å². The van der Waals surface area contributed by atoms with Gasteiger partial charge in [-0.25, -0.2) is 13.6 Å². The van der Waals surface area contributed by atoms with Crippen molar-refractivity contribution in [2.75, 3.05) is 18.0 Å². The van der Waals surface area contributed by atoms with E-state index in [9.17, 15) is 19.1 Å². The number of halogens is 2. The number of nitrogens with two attached hydrogens (primary N) is 1. The van der Waals surface area contributed by atoms with Crippen LogP contribution in [0.4, 0.5) is 14.5 Å². The van der Waals surface area contributed by atoms with E-state index in [4.69, 9.17) is 5.73 Å². The second kappa shape index (κ2) is 5.52. The molecule has 8 heteroatoms. The number of carbonyl (C=O) groups is 1. The normalized spacial score (nSPS) is 20.4. The van der Waals surface area contributed by atoms with Crippen LogP contribution in [0.5, 0.6) is 0 Å². The van der Waals surface area contributed by atoms with Gasteiger partial charge in [0.25, 0.3) is 0 Å². The summed E-state index contributed by atoms with van der Waals surface area (Å²) >= 11 is 0. The Labute approximate surface area is 141 Å². The first kappa shape index (κ1) is 16.0. The summed E-state index contributed by atoms with van der Waals surface area (Å²) in [7, 11) is 0. The van der Waals surface area contributed by atoms with Crippen molar-refractivity contribution in [2.24, 2.45) is 5.73 Å². The largest absolute Gasteiger partial charge is 0.477 e. The predicted molar refractivity (Wildman–Crippen MR) is 88.2 cm³/mol. The van der Waals surface area contributed by atoms with Gasteiger partial charge in [0, 0.05) is 37.4 Å². The van der Waals surface area contributed by atoms with Gasteiger partial charge in [0.1, 0.15) is 11.4 Å². The van der Waals surface area contributed by atoms with Gasteiger partial charge in [-0.3, -0.25) is 4.79 Å². The number of nitrogens with zero attached hydrogens (tertiary/aromatic N) is 2. The summed E-state index contributed by atoms with van der Waals surface area (Å²) in [6, 6.07) is 0.740. The van der Waals surface area contributed by atoms with Crippen molar-refractivity contribution < 1.29 is 18.7 Å². The molecular formula is C17H17F2N3O3. The summed E-state index contributed by atoms with van der Waals surface area (Å²) in [4.78, 5) is 25.4. The molecule has 1 aromatic heterocycles. The third kappa shape index (κ3) is 2.48. The van der Waals surface area contributed by atoms with Crippen molar-refractivity contribution in [3.8, 4) is 0 Å². The summed E-state index contributed by atoms with van der Waals surface area (Å²) in [6.45, 7) is 0.909. The molecule has 0 radical (unpaired) electrons. The van der Waals surface area contributed by atoms with Crippen LogP contribution in [0.2, 0.25) is 0 Å². The average molecular weight is 349 g/mol. The van der Waals surface area contributed by atoms with Crippen LogP contribution in [-0.4, -0.2) is 34.8 Å².